The van der Waals surface area contributed by atoms with Crippen molar-refractivity contribution in [3.05, 3.63) is 53.6 Å². The second-order valence-corrected chi connectivity index (χ2v) is 5.02. The minimum absolute atomic E-state index is 0.0422. The van der Waals surface area contributed by atoms with Crippen LogP contribution < -0.4 is 4.74 Å². The van der Waals surface area contributed by atoms with Gasteiger partial charge in [-0.05, 0) is 12.1 Å². The molecule has 106 valence electrons. The van der Waals surface area contributed by atoms with E-state index >= 15 is 0 Å². The molecule has 0 radical (unpaired) electrons. The highest BCUT2D eigenvalue weighted by Crippen LogP contribution is 2.21. The van der Waals surface area contributed by atoms with E-state index in [0.717, 1.165) is 0 Å². The second-order valence-electron chi connectivity index (χ2n) is 5.02. The standard InChI is InChI=1S/C16H18FNO2/c1-11(2)16(19)13-7-8-18(10-13)9-12-5-4-6-14(20-3)15(12)17/h4-8,10-11H,9H2,1-3H3. The molecule has 0 aliphatic rings. The molecule has 0 aliphatic carbocycles. The van der Waals surface area contributed by atoms with Crippen LogP contribution in [0.5, 0.6) is 5.75 Å². The van der Waals surface area contributed by atoms with Crippen molar-refractivity contribution in [1.82, 2.24) is 4.57 Å². The second kappa shape index (κ2) is 5.90. The number of hydrogen-bond donors (Lipinski definition) is 0. The number of ether oxygens (including phenoxy) is 1. The van der Waals surface area contributed by atoms with Gasteiger partial charge < -0.3 is 9.30 Å². The summed E-state index contributed by atoms with van der Waals surface area (Å²) in [5, 5.41) is 0. The summed E-state index contributed by atoms with van der Waals surface area (Å²) in [4.78, 5) is 11.9. The van der Waals surface area contributed by atoms with E-state index in [0.29, 0.717) is 17.7 Å². The predicted molar refractivity (Wildman–Crippen MR) is 75.7 cm³/mol. The van der Waals surface area contributed by atoms with E-state index in [1.165, 1.54) is 7.11 Å². The smallest absolute Gasteiger partial charge is 0.170 e. The van der Waals surface area contributed by atoms with Gasteiger partial charge in [0.25, 0.3) is 0 Å². The van der Waals surface area contributed by atoms with Crippen molar-refractivity contribution < 1.29 is 13.9 Å². The van der Waals surface area contributed by atoms with Crippen molar-refractivity contribution in [1.29, 1.82) is 0 Å². The van der Waals surface area contributed by atoms with Crippen molar-refractivity contribution in [2.24, 2.45) is 5.92 Å². The summed E-state index contributed by atoms with van der Waals surface area (Å²) in [5.74, 6) is -0.0807. The first kappa shape index (κ1) is 14.3. The van der Waals surface area contributed by atoms with E-state index in [1.807, 2.05) is 13.8 Å². The number of ketones is 1. The molecule has 0 N–H and O–H groups in total. The summed E-state index contributed by atoms with van der Waals surface area (Å²) < 4.78 is 20.8. The van der Waals surface area contributed by atoms with Crippen LogP contribution in [0.1, 0.15) is 29.8 Å². The Kier molecular flexibility index (Phi) is 4.23. The summed E-state index contributed by atoms with van der Waals surface area (Å²) >= 11 is 0. The lowest BCUT2D eigenvalue weighted by Crippen LogP contribution is -2.06. The number of benzene rings is 1. The van der Waals surface area contributed by atoms with Crippen LogP contribution in [0.25, 0.3) is 0 Å². The average Bonchev–Trinajstić information content (AvgIpc) is 2.88. The number of Topliss-reactive ketones (excluding diaryl/α,β-unsaturated/α-hetero) is 1. The average molecular weight is 275 g/mol. The van der Waals surface area contributed by atoms with E-state index in [9.17, 15) is 9.18 Å². The number of nitrogens with zero attached hydrogens (tertiary/aromatic N) is 1. The molecule has 2 aromatic rings. The number of carbonyl (C=O) groups is 1. The molecule has 0 amide bonds. The molecule has 3 nitrogen and oxygen atoms in total. The van der Waals surface area contributed by atoms with Gasteiger partial charge in [-0.3, -0.25) is 4.79 Å². The fourth-order valence-electron chi connectivity index (χ4n) is 2.05. The normalized spacial score (nSPS) is 10.8. The largest absolute Gasteiger partial charge is 0.494 e. The Hall–Kier alpha value is -2.10. The van der Waals surface area contributed by atoms with Gasteiger partial charge >= 0.3 is 0 Å². The third kappa shape index (κ3) is 2.90. The molecule has 0 bridgehead atoms. The maximum atomic E-state index is 14.0. The first-order valence-electron chi connectivity index (χ1n) is 6.54. The third-order valence-corrected chi connectivity index (χ3v) is 3.18. The summed E-state index contributed by atoms with van der Waals surface area (Å²) in [6.07, 6.45) is 3.54. The zero-order chi connectivity index (χ0) is 14.7. The van der Waals surface area contributed by atoms with Crippen molar-refractivity contribution in [3.8, 4) is 5.75 Å². The van der Waals surface area contributed by atoms with Gasteiger partial charge in [0.2, 0.25) is 0 Å². The van der Waals surface area contributed by atoms with E-state index in [1.54, 1.807) is 41.2 Å². The summed E-state index contributed by atoms with van der Waals surface area (Å²) in [6, 6.07) is 6.81. The molecular weight excluding hydrogens is 257 g/mol. The fraction of sp³-hybridized carbons (Fsp3) is 0.312. The third-order valence-electron chi connectivity index (χ3n) is 3.18. The van der Waals surface area contributed by atoms with Crippen LogP contribution in [-0.2, 0) is 6.54 Å². The highest BCUT2D eigenvalue weighted by Gasteiger charge is 2.13. The van der Waals surface area contributed by atoms with Gasteiger partial charge in [0, 0.05) is 29.4 Å². The first-order chi connectivity index (χ1) is 9.52. The Morgan fingerprint density at radius 2 is 2.10 bits per heavy atom. The molecule has 0 unspecified atom stereocenters. The van der Waals surface area contributed by atoms with Gasteiger partial charge in [-0.25, -0.2) is 4.39 Å². The number of methoxy groups -OCH3 is 1. The van der Waals surface area contributed by atoms with Gasteiger partial charge in [0.05, 0.1) is 13.7 Å². The van der Waals surface area contributed by atoms with Crippen molar-refractivity contribution in [3.63, 3.8) is 0 Å². The van der Waals surface area contributed by atoms with E-state index in [-0.39, 0.29) is 23.3 Å². The van der Waals surface area contributed by atoms with Crippen molar-refractivity contribution >= 4 is 5.78 Å². The van der Waals surface area contributed by atoms with Crippen LogP contribution in [0, 0.1) is 11.7 Å². The summed E-state index contributed by atoms with van der Waals surface area (Å²) in [5.41, 5.74) is 1.19. The lowest BCUT2D eigenvalue weighted by Gasteiger charge is -2.08. The summed E-state index contributed by atoms with van der Waals surface area (Å²) in [7, 11) is 1.44. The Morgan fingerprint density at radius 1 is 1.35 bits per heavy atom. The molecule has 1 aromatic carbocycles. The van der Waals surface area contributed by atoms with Crippen molar-refractivity contribution in [2.45, 2.75) is 20.4 Å². The number of aromatic nitrogens is 1. The van der Waals surface area contributed by atoms with Crippen LogP contribution >= 0.6 is 0 Å². The Morgan fingerprint density at radius 3 is 2.75 bits per heavy atom. The molecule has 20 heavy (non-hydrogen) atoms. The van der Waals surface area contributed by atoms with Gasteiger partial charge in [0.15, 0.2) is 17.3 Å². The fourth-order valence-corrected chi connectivity index (χ4v) is 2.05. The number of rotatable bonds is 5. The number of halogens is 1. The zero-order valence-corrected chi connectivity index (χ0v) is 11.9. The molecule has 0 saturated heterocycles. The van der Waals surface area contributed by atoms with E-state index < -0.39 is 0 Å². The number of hydrogen-bond acceptors (Lipinski definition) is 2. The minimum Gasteiger partial charge on any atom is -0.494 e. The molecule has 2 rings (SSSR count). The van der Waals surface area contributed by atoms with Crippen LogP contribution in [0.4, 0.5) is 4.39 Å². The lowest BCUT2D eigenvalue weighted by molar-refractivity contribution is 0.0939. The molecular formula is C16H18FNO2. The molecule has 0 atom stereocenters. The molecule has 4 heteroatoms. The maximum absolute atomic E-state index is 14.0. The van der Waals surface area contributed by atoms with E-state index in [2.05, 4.69) is 0 Å². The molecule has 1 aromatic heterocycles. The van der Waals surface area contributed by atoms with Gasteiger partial charge in [-0.2, -0.15) is 0 Å². The Bertz CT molecular complexity index is 617. The van der Waals surface area contributed by atoms with Gasteiger partial charge in [0.1, 0.15) is 0 Å². The molecule has 0 fully saturated rings. The number of carbonyl (C=O) groups excluding carboxylic acids is 1. The van der Waals surface area contributed by atoms with Crippen LogP contribution in [0.15, 0.2) is 36.7 Å². The first-order valence-corrected chi connectivity index (χ1v) is 6.54. The minimum atomic E-state index is -0.361. The highest BCUT2D eigenvalue weighted by atomic mass is 19.1. The van der Waals surface area contributed by atoms with Crippen molar-refractivity contribution in [2.75, 3.05) is 7.11 Å². The van der Waals surface area contributed by atoms with Crippen LogP contribution in [0.3, 0.4) is 0 Å². The molecule has 0 aliphatic heterocycles. The maximum Gasteiger partial charge on any atom is 0.170 e. The Labute approximate surface area is 118 Å². The molecule has 0 spiro atoms. The predicted octanol–water partition coefficient (Wildman–Crippen LogP) is 3.52. The monoisotopic (exact) mass is 275 g/mol. The van der Waals surface area contributed by atoms with Gasteiger partial charge in [-0.15, -0.1) is 0 Å². The SMILES string of the molecule is COc1cccc(Cn2ccc(C(=O)C(C)C)c2)c1F. The van der Waals surface area contributed by atoms with Crippen LogP contribution in [0.2, 0.25) is 0 Å². The zero-order valence-electron chi connectivity index (χ0n) is 11.9. The quantitative estimate of drug-likeness (QED) is 0.782. The lowest BCUT2D eigenvalue weighted by atomic mass is 10.0. The molecule has 0 saturated carbocycles. The van der Waals surface area contributed by atoms with Crippen LogP contribution in [-0.4, -0.2) is 17.5 Å². The Balaban J connectivity index is 2.21. The highest BCUT2D eigenvalue weighted by molar-refractivity contribution is 5.97. The summed E-state index contributed by atoms with van der Waals surface area (Å²) in [6.45, 7) is 4.09. The topological polar surface area (TPSA) is 31.2 Å². The van der Waals surface area contributed by atoms with E-state index in [4.69, 9.17) is 4.74 Å². The molecule has 1 heterocycles. The van der Waals surface area contributed by atoms with Gasteiger partial charge in [-0.1, -0.05) is 26.0 Å².